The van der Waals surface area contributed by atoms with Gasteiger partial charge in [0.25, 0.3) is 0 Å². The Morgan fingerprint density at radius 2 is 0.891 bits per heavy atom. The van der Waals surface area contributed by atoms with Crippen molar-refractivity contribution in [3.05, 3.63) is 82.7 Å². The van der Waals surface area contributed by atoms with E-state index in [0.717, 1.165) is 32.1 Å². The Kier molecular flexibility index (Phi) is 14.3. The second-order valence-corrected chi connectivity index (χ2v) is 10.8. The predicted octanol–water partition coefficient (Wildman–Crippen LogP) is 10.2. The van der Waals surface area contributed by atoms with Gasteiger partial charge in [-0.3, -0.25) is 0 Å². The van der Waals surface area contributed by atoms with Gasteiger partial charge in [-0.1, -0.05) is 71.1 Å². The standard InChI is InChI=1S/C32H35BF9NO3/c1-3-4-5-6-7-8-9-10-11-12-13-14-43(2)32-27(19-26(38)30(41)31(32)42)46-33(44-20-15-22(34)28(39)23(35)16-20)45-21-17-24(36)29(40)25(37)18-21/h15-19H,3-14H2,1-2H3. The fraction of sp³-hybridized carbons (Fsp3) is 0.438. The quantitative estimate of drug-likeness (QED) is 0.0553. The summed E-state index contributed by atoms with van der Waals surface area (Å²) in [6, 6.07) is 1.93. The van der Waals surface area contributed by atoms with Crippen LogP contribution in [-0.4, -0.2) is 20.9 Å². The van der Waals surface area contributed by atoms with E-state index in [1.807, 2.05) is 0 Å². The summed E-state index contributed by atoms with van der Waals surface area (Å²) in [5, 5.41) is 0. The molecule has 0 fully saturated rings. The molecule has 3 aromatic carbocycles. The van der Waals surface area contributed by atoms with Crippen LogP contribution in [0, 0.1) is 52.4 Å². The third-order valence-electron chi connectivity index (χ3n) is 7.18. The van der Waals surface area contributed by atoms with Crippen LogP contribution in [0.3, 0.4) is 0 Å². The Morgan fingerprint density at radius 3 is 1.33 bits per heavy atom. The first-order chi connectivity index (χ1) is 21.9. The summed E-state index contributed by atoms with van der Waals surface area (Å²) in [7, 11) is -0.947. The maximum Gasteiger partial charge on any atom is 0.864 e. The van der Waals surface area contributed by atoms with Crippen LogP contribution >= 0.6 is 0 Å². The Balaban J connectivity index is 1.77. The molecule has 3 aromatic rings. The lowest BCUT2D eigenvalue weighted by atomic mass is 10.1. The molecular weight excluding hydrogens is 628 g/mol. The minimum atomic E-state index is -2.33. The maximum atomic E-state index is 15.1. The molecule has 3 rings (SSSR count). The Hall–Kier alpha value is -3.71. The molecule has 0 spiro atoms. The first-order valence-corrected chi connectivity index (χ1v) is 15.1. The highest BCUT2D eigenvalue weighted by Crippen LogP contribution is 2.35. The van der Waals surface area contributed by atoms with Gasteiger partial charge in [0.1, 0.15) is 22.9 Å². The smallest absolute Gasteiger partial charge is 0.489 e. The molecule has 0 amide bonds. The van der Waals surface area contributed by atoms with Gasteiger partial charge in [0.05, 0.1) is 0 Å². The summed E-state index contributed by atoms with van der Waals surface area (Å²) in [4.78, 5) is 1.24. The van der Waals surface area contributed by atoms with E-state index in [2.05, 4.69) is 6.92 Å². The monoisotopic (exact) mass is 663 g/mol. The van der Waals surface area contributed by atoms with Gasteiger partial charge in [-0.15, -0.1) is 0 Å². The van der Waals surface area contributed by atoms with Crippen LogP contribution in [0.15, 0.2) is 30.3 Å². The topological polar surface area (TPSA) is 30.9 Å². The average Bonchev–Trinajstić information content (AvgIpc) is 3.00. The molecule has 0 saturated heterocycles. The largest absolute Gasteiger partial charge is 0.864 e. The molecule has 0 N–H and O–H groups in total. The SMILES string of the molecule is CCCCCCCCCCCCCN(C)c1c(OB(Oc2cc(F)c(F)c(F)c2)Oc2cc(F)c(F)c(F)c2)cc(F)c(F)c1F. The van der Waals surface area contributed by atoms with E-state index in [1.54, 1.807) is 0 Å². The number of unbranched alkanes of at least 4 members (excludes halogenated alkanes) is 10. The van der Waals surface area contributed by atoms with Gasteiger partial charge < -0.3 is 18.9 Å². The molecule has 0 aliphatic rings. The zero-order valence-corrected chi connectivity index (χ0v) is 25.5. The number of rotatable bonds is 19. The van der Waals surface area contributed by atoms with Crippen LogP contribution in [-0.2, 0) is 0 Å². The molecule has 0 unspecified atom stereocenters. The van der Waals surface area contributed by atoms with Crippen LogP contribution in [0.1, 0.15) is 77.6 Å². The molecule has 0 atom stereocenters. The second kappa shape index (κ2) is 17.8. The molecule has 46 heavy (non-hydrogen) atoms. The molecular formula is C32H35BF9NO3. The molecule has 14 heteroatoms. The molecule has 0 radical (unpaired) electrons. The van der Waals surface area contributed by atoms with Crippen LogP contribution in [0.4, 0.5) is 45.2 Å². The van der Waals surface area contributed by atoms with E-state index in [4.69, 9.17) is 14.0 Å². The summed E-state index contributed by atoms with van der Waals surface area (Å²) < 4.78 is 142. The van der Waals surface area contributed by atoms with E-state index >= 15 is 4.39 Å². The highest BCUT2D eigenvalue weighted by Gasteiger charge is 2.35. The van der Waals surface area contributed by atoms with Crippen LogP contribution in [0.5, 0.6) is 17.2 Å². The van der Waals surface area contributed by atoms with Gasteiger partial charge >= 0.3 is 7.32 Å². The van der Waals surface area contributed by atoms with E-state index in [-0.39, 0.29) is 6.54 Å². The Bertz CT molecular complexity index is 1340. The van der Waals surface area contributed by atoms with Crippen LogP contribution in [0.25, 0.3) is 0 Å². The Labute approximate surface area is 262 Å². The number of nitrogens with zero attached hydrogens (tertiary/aromatic N) is 1. The highest BCUT2D eigenvalue weighted by atomic mass is 19.2. The second-order valence-electron chi connectivity index (χ2n) is 10.8. The summed E-state index contributed by atoms with van der Waals surface area (Å²) in [6.45, 7) is 2.34. The fourth-order valence-corrected chi connectivity index (χ4v) is 4.73. The van der Waals surface area contributed by atoms with Crippen molar-refractivity contribution >= 4 is 13.0 Å². The summed E-state index contributed by atoms with van der Waals surface area (Å²) >= 11 is 0. The average molecular weight is 663 g/mol. The third kappa shape index (κ3) is 10.4. The summed E-state index contributed by atoms with van der Waals surface area (Å²) in [6.07, 6.45) is 11.5. The Morgan fingerprint density at radius 1 is 0.500 bits per heavy atom. The van der Waals surface area contributed by atoms with Gasteiger partial charge in [0.2, 0.25) is 0 Å². The fourth-order valence-electron chi connectivity index (χ4n) is 4.73. The van der Waals surface area contributed by atoms with Gasteiger partial charge in [0.15, 0.2) is 52.4 Å². The van der Waals surface area contributed by atoms with E-state index in [1.165, 1.54) is 44.1 Å². The molecule has 4 nitrogen and oxygen atoms in total. The van der Waals surface area contributed by atoms with E-state index in [0.29, 0.717) is 36.8 Å². The normalized spacial score (nSPS) is 11.1. The van der Waals surface area contributed by atoms with Crippen molar-refractivity contribution in [3.63, 3.8) is 0 Å². The van der Waals surface area contributed by atoms with Gasteiger partial charge in [0, 0.05) is 43.9 Å². The lowest BCUT2D eigenvalue weighted by Gasteiger charge is -2.25. The maximum absolute atomic E-state index is 15.1. The number of hydrogen-bond acceptors (Lipinski definition) is 4. The third-order valence-corrected chi connectivity index (χ3v) is 7.18. The minimum Gasteiger partial charge on any atom is -0.489 e. The van der Waals surface area contributed by atoms with Crippen molar-refractivity contribution in [2.75, 3.05) is 18.5 Å². The number of hydrogen-bond donors (Lipinski definition) is 0. The molecule has 0 heterocycles. The highest BCUT2D eigenvalue weighted by molar-refractivity contribution is 6.39. The van der Waals surface area contributed by atoms with Crippen LogP contribution in [0.2, 0.25) is 0 Å². The zero-order chi connectivity index (χ0) is 33.8. The van der Waals surface area contributed by atoms with Crippen molar-refractivity contribution in [2.45, 2.75) is 77.6 Å². The van der Waals surface area contributed by atoms with E-state index in [9.17, 15) is 35.1 Å². The van der Waals surface area contributed by atoms with Gasteiger partial charge in [-0.05, 0) is 6.42 Å². The first-order valence-electron chi connectivity index (χ1n) is 15.1. The molecule has 0 bridgehead atoms. The lowest BCUT2D eigenvalue weighted by molar-refractivity contribution is 0.300. The molecule has 252 valence electrons. The lowest BCUT2D eigenvalue weighted by Crippen LogP contribution is -2.38. The van der Waals surface area contributed by atoms with Crippen molar-refractivity contribution in [1.29, 1.82) is 0 Å². The minimum absolute atomic E-state index is 0.171. The van der Waals surface area contributed by atoms with Gasteiger partial charge in [-0.2, -0.15) is 0 Å². The van der Waals surface area contributed by atoms with Crippen molar-refractivity contribution in [3.8, 4) is 17.2 Å². The number of benzene rings is 3. The zero-order valence-electron chi connectivity index (χ0n) is 25.5. The summed E-state index contributed by atoms with van der Waals surface area (Å²) in [5.74, 6) is -17.9. The molecule has 0 aliphatic carbocycles. The van der Waals surface area contributed by atoms with E-state index < -0.39 is 82.6 Å². The molecule has 0 aliphatic heterocycles. The summed E-state index contributed by atoms with van der Waals surface area (Å²) in [5.41, 5.74) is -0.587. The molecule has 0 saturated carbocycles. The van der Waals surface area contributed by atoms with Crippen molar-refractivity contribution in [1.82, 2.24) is 0 Å². The number of anilines is 1. The van der Waals surface area contributed by atoms with Gasteiger partial charge in [-0.25, -0.2) is 39.5 Å². The predicted molar refractivity (Wildman–Crippen MR) is 156 cm³/mol. The van der Waals surface area contributed by atoms with Crippen molar-refractivity contribution < 1.29 is 53.5 Å². The number of halogens is 9. The first kappa shape index (κ1) is 36.8. The molecule has 0 aromatic heterocycles. The van der Waals surface area contributed by atoms with Crippen LogP contribution < -0.4 is 18.9 Å². The van der Waals surface area contributed by atoms with Crippen molar-refractivity contribution in [2.24, 2.45) is 0 Å².